The highest BCUT2D eigenvalue weighted by Crippen LogP contribution is 1.93. The Morgan fingerprint density at radius 1 is 1.00 bits per heavy atom. The Bertz CT molecular complexity index is 738. The Hall–Kier alpha value is -3.31. The summed E-state index contributed by atoms with van der Waals surface area (Å²) in [5.74, 6) is -0.215. The number of amides is 1. The maximum Gasteiger partial charge on any atom is 0.358 e. The third-order valence-corrected chi connectivity index (χ3v) is 3.30. The number of nitrogens with one attached hydrogen (secondary N) is 3. The fourth-order valence-corrected chi connectivity index (χ4v) is 2.20. The monoisotopic (exact) mass is 339 g/mol. The molecular formula is C12H17N7O5-2. The Morgan fingerprint density at radius 3 is 2.08 bits per heavy atom. The van der Waals surface area contributed by atoms with Crippen LogP contribution in [0.4, 0.5) is 0 Å². The van der Waals surface area contributed by atoms with Gasteiger partial charge in [0.25, 0.3) is 0 Å². The summed E-state index contributed by atoms with van der Waals surface area (Å²) in [7, 11) is 0. The van der Waals surface area contributed by atoms with Crippen LogP contribution in [0, 0.1) is 20.8 Å². The van der Waals surface area contributed by atoms with Gasteiger partial charge in [-0.15, -0.1) is 0 Å². The number of aromatic amines is 2. The minimum absolute atomic E-state index is 0.133. The van der Waals surface area contributed by atoms with E-state index in [0.717, 1.165) is 0 Å². The molecule has 0 aromatic carbocycles. The van der Waals surface area contributed by atoms with Crippen LogP contribution >= 0.6 is 0 Å². The van der Waals surface area contributed by atoms with Crippen molar-refractivity contribution in [2.75, 3.05) is 6.54 Å². The lowest BCUT2D eigenvalue weighted by atomic mass is 10.3. The molecule has 0 aliphatic rings. The van der Waals surface area contributed by atoms with Gasteiger partial charge in [0.15, 0.2) is 0 Å². The minimum Gasteiger partial charge on any atom is -0.744 e. The van der Waals surface area contributed by atoms with Gasteiger partial charge in [0.2, 0.25) is 5.91 Å². The van der Waals surface area contributed by atoms with Crippen molar-refractivity contribution in [3.05, 3.63) is 56.9 Å². The second kappa shape index (κ2) is 7.80. The van der Waals surface area contributed by atoms with Crippen molar-refractivity contribution in [1.82, 2.24) is 34.2 Å². The van der Waals surface area contributed by atoms with E-state index in [9.17, 15) is 25.6 Å². The van der Waals surface area contributed by atoms with Crippen LogP contribution in [0.3, 0.4) is 0 Å². The molecule has 0 spiro atoms. The molecule has 132 valence electrons. The second-order valence-electron chi connectivity index (χ2n) is 4.92. The third kappa shape index (κ3) is 4.34. The number of aryl methyl sites for hydroxylation is 1. The van der Waals surface area contributed by atoms with Crippen molar-refractivity contribution < 1.29 is 4.79 Å². The lowest BCUT2D eigenvalue weighted by molar-refractivity contribution is -0.121. The highest BCUT2D eigenvalue weighted by Gasteiger charge is 2.06. The summed E-state index contributed by atoms with van der Waals surface area (Å²) in [5, 5.41) is 45.6. The van der Waals surface area contributed by atoms with Gasteiger partial charge < -0.3 is 26.1 Å². The van der Waals surface area contributed by atoms with Crippen LogP contribution in [-0.4, -0.2) is 31.6 Å². The minimum atomic E-state index is -0.539. The Labute approximate surface area is 135 Å². The lowest BCUT2D eigenvalue weighted by Crippen LogP contribution is -2.34. The molecule has 0 radical (unpaired) electrons. The zero-order valence-corrected chi connectivity index (χ0v) is 12.7. The van der Waals surface area contributed by atoms with Crippen molar-refractivity contribution in [3.63, 3.8) is 0 Å². The van der Waals surface area contributed by atoms with Crippen LogP contribution < -0.4 is 26.4 Å². The van der Waals surface area contributed by atoms with Crippen LogP contribution in [0.5, 0.6) is 0 Å². The number of aromatic nitrogens is 4. The highest BCUT2D eigenvalue weighted by atomic mass is 16.8. The molecule has 12 heteroatoms. The van der Waals surface area contributed by atoms with E-state index >= 15 is 0 Å². The average molecular weight is 339 g/mol. The van der Waals surface area contributed by atoms with Crippen molar-refractivity contribution in [2.24, 2.45) is 0 Å². The first-order valence-electron chi connectivity index (χ1n) is 7.18. The normalized spacial score (nSPS) is 10.5. The van der Waals surface area contributed by atoms with Gasteiger partial charge in [0.1, 0.15) is 0 Å². The molecule has 3 N–H and O–H groups in total. The van der Waals surface area contributed by atoms with E-state index in [0.29, 0.717) is 13.0 Å². The van der Waals surface area contributed by atoms with Gasteiger partial charge >= 0.3 is 11.2 Å². The number of rotatable bonds is 7. The Balaban J connectivity index is 1.74. The highest BCUT2D eigenvalue weighted by molar-refractivity contribution is 5.75. The summed E-state index contributed by atoms with van der Waals surface area (Å²) in [5.41, 5.74) is -0.285. The summed E-state index contributed by atoms with van der Waals surface area (Å²) in [6, 6.07) is 0. The molecule has 12 nitrogen and oxygen atoms in total. The number of imidazole rings is 2. The fraction of sp³-hybridized carbons (Fsp3) is 0.417. The number of nitrogens with zero attached hydrogens (tertiary/aromatic N) is 4. The van der Waals surface area contributed by atoms with E-state index in [1.165, 1.54) is 33.9 Å². The molecule has 2 aromatic heterocycles. The van der Waals surface area contributed by atoms with Gasteiger partial charge in [-0.05, 0) is 6.42 Å². The molecule has 0 saturated carbocycles. The molecule has 0 bridgehead atoms. The smallest absolute Gasteiger partial charge is 0.358 e. The molecule has 2 heterocycles. The van der Waals surface area contributed by atoms with E-state index in [1.807, 2.05) is 0 Å². The van der Waals surface area contributed by atoms with E-state index in [2.05, 4.69) is 15.3 Å². The predicted octanol–water partition coefficient (Wildman–Crippen LogP) is -1.92. The summed E-state index contributed by atoms with van der Waals surface area (Å²) in [6.07, 6.45) is 6.60. The topological polar surface area (TPSA) is 169 Å². The number of hydrogen-bond acceptors (Lipinski definition) is 5. The second-order valence-corrected chi connectivity index (χ2v) is 4.92. The number of hydrogen-bond donors (Lipinski definition) is 3. The molecule has 0 fully saturated rings. The lowest BCUT2D eigenvalue weighted by Gasteiger charge is -2.12. The van der Waals surface area contributed by atoms with E-state index in [-0.39, 0.29) is 36.7 Å². The van der Waals surface area contributed by atoms with Crippen LogP contribution in [0.25, 0.3) is 0 Å². The molecule has 1 amide bonds. The summed E-state index contributed by atoms with van der Waals surface area (Å²) in [6.45, 7) is 0.856. The molecule has 0 atom stereocenters. The van der Waals surface area contributed by atoms with E-state index < -0.39 is 9.80 Å². The summed E-state index contributed by atoms with van der Waals surface area (Å²) >= 11 is 0. The van der Waals surface area contributed by atoms with Crippen molar-refractivity contribution in [1.29, 1.82) is 0 Å². The predicted molar refractivity (Wildman–Crippen MR) is 83.8 cm³/mol. The quantitative estimate of drug-likeness (QED) is 0.499. The Morgan fingerprint density at radius 2 is 1.54 bits per heavy atom. The van der Waals surface area contributed by atoms with Gasteiger partial charge in [0.05, 0.1) is 37.9 Å². The summed E-state index contributed by atoms with van der Waals surface area (Å²) < 4.78 is 2.81. The van der Waals surface area contributed by atoms with Crippen molar-refractivity contribution in [2.45, 2.75) is 25.9 Å². The van der Waals surface area contributed by atoms with Gasteiger partial charge in [0, 0.05) is 13.0 Å². The standard InChI is InChI=1S/C12H17N7O5/c20-10(2-1-6-16-8-4-14-11(16)18(21)22)13-3-7-17-9-5-15-12(17)19(23)24/h4-5,8-9,14-15H,1-3,6-7H2,(H-2,13,20,21,22,23,24)/q-2. The van der Waals surface area contributed by atoms with Gasteiger partial charge in [-0.3, -0.25) is 14.6 Å². The van der Waals surface area contributed by atoms with Crippen LogP contribution in [0.2, 0.25) is 0 Å². The van der Waals surface area contributed by atoms with Gasteiger partial charge in [-0.1, -0.05) is 0 Å². The summed E-state index contributed by atoms with van der Waals surface area (Å²) in [4.78, 5) is 15.7. The maximum absolute atomic E-state index is 11.7. The first-order chi connectivity index (χ1) is 11.5. The van der Waals surface area contributed by atoms with Crippen LogP contribution in [-0.2, 0) is 17.9 Å². The fourth-order valence-electron chi connectivity index (χ4n) is 2.20. The first kappa shape index (κ1) is 17.1. The van der Waals surface area contributed by atoms with Crippen molar-refractivity contribution in [3.8, 4) is 0 Å². The molecule has 0 aliphatic carbocycles. The average Bonchev–Trinajstić information content (AvgIpc) is 3.16. The Kier molecular flexibility index (Phi) is 5.54. The SMILES string of the molecule is O=C(CCCn1cc[nH]c1=[N+]([O-])[O-])NCCn1cc[nH]c1=[N+]([O-])[O-]. The zero-order valence-electron chi connectivity index (χ0n) is 12.7. The number of carbonyl (C=O) groups excluding carboxylic acids is 1. The van der Waals surface area contributed by atoms with E-state index in [4.69, 9.17) is 0 Å². The molecule has 0 aliphatic heterocycles. The zero-order chi connectivity index (χ0) is 17.5. The van der Waals surface area contributed by atoms with Crippen molar-refractivity contribution >= 4 is 5.91 Å². The molecular weight excluding hydrogens is 322 g/mol. The van der Waals surface area contributed by atoms with Crippen LogP contribution in [0.15, 0.2) is 24.8 Å². The number of carbonyl (C=O) groups is 1. The van der Waals surface area contributed by atoms with Crippen LogP contribution in [0.1, 0.15) is 12.8 Å². The van der Waals surface area contributed by atoms with Gasteiger partial charge in [-0.2, -0.15) is 0 Å². The molecule has 2 aromatic rings. The molecule has 24 heavy (non-hydrogen) atoms. The molecule has 0 unspecified atom stereocenters. The third-order valence-electron chi connectivity index (χ3n) is 3.30. The van der Waals surface area contributed by atoms with Gasteiger partial charge in [-0.25, -0.2) is 19.1 Å². The first-order valence-corrected chi connectivity index (χ1v) is 7.18. The maximum atomic E-state index is 11.7. The molecule has 2 rings (SSSR count). The van der Waals surface area contributed by atoms with E-state index in [1.54, 1.807) is 0 Å². The number of H-pyrrole nitrogens is 2. The molecule has 0 saturated heterocycles. The largest absolute Gasteiger partial charge is 0.744 e.